The van der Waals surface area contributed by atoms with Crippen molar-refractivity contribution in [3.05, 3.63) is 35.9 Å². The van der Waals surface area contributed by atoms with Crippen LogP contribution in [-0.4, -0.2) is 11.7 Å². The molecule has 1 aromatic carbocycles. The zero-order valence-corrected chi connectivity index (χ0v) is 8.99. The van der Waals surface area contributed by atoms with Crippen molar-refractivity contribution in [2.75, 3.05) is 0 Å². The number of ketones is 1. The average Bonchev–Trinajstić information content (AvgIpc) is 2.17. The fourth-order valence-corrected chi connectivity index (χ4v) is 1.34. The molecule has 0 aliphatic heterocycles. The van der Waals surface area contributed by atoms with E-state index in [0.717, 1.165) is 5.56 Å². The standard InChI is InChI=1S/C12H15NO2.H2/c1-9(14)8-12(15)13-10(2)11-6-4-3-5-7-11;/h3-7,10H,8H2,1-2H3,(H,13,15);1H/t10-;/m1./s1. The van der Waals surface area contributed by atoms with Crippen LogP contribution in [0, 0.1) is 0 Å². The second-order valence-corrected chi connectivity index (χ2v) is 3.58. The van der Waals surface area contributed by atoms with E-state index in [1.807, 2.05) is 37.3 Å². The predicted octanol–water partition coefficient (Wildman–Crippen LogP) is 2.09. The van der Waals surface area contributed by atoms with Crippen molar-refractivity contribution in [2.45, 2.75) is 26.3 Å². The number of Topliss-reactive ketones (excluding diaryl/α,β-unsaturated/α-hetero) is 1. The third kappa shape index (κ3) is 3.94. The maximum absolute atomic E-state index is 11.3. The Morgan fingerprint density at radius 3 is 2.47 bits per heavy atom. The summed E-state index contributed by atoms with van der Waals surface area (Å²) in [5, 5.41) is 2.77. The molecule has 1 rings (SSSR count). The average molecular weight is 207 g/mol. The van der Waals surface area contributed by atoms with E-state index < -0.39 is 0 Å². The van der Waals surface area contributed by atoms with Crippen molar-refractivity contribution in [3.63, 3.8) is 0 Å². The highest BCUT2D eigenvalue weighted by atomic mass is 16.2. The molecule has 0 bridgehead atoms. The van der Waals surface area contributed by atoms with Gasteiger partial charge in [-0.15, -0.1) is 0 Å². The Labute approximate surface area is 91.0 Å². The van der Waals surface area contributed by atoms with E-state index in [9.17, 15) is 9.59 Å². The van der Waals surface area contributed by atoms with Gasteiger partial charge in [0.1, 0.15) is 5.78 Å². The molecule has 0 unspecified atom stereocenters. The first-order valence-corrected chi connectivity index (χ1v) is 4.93. The van der Waals surface area contributed by atoms with Crippen LogP contribution in [0.5, 0.6) is 0 Å². The van der Waals surface area contributed by atoms with Gasteiger partial charge >= 0.3 is 0 Å². The van der Waals surface area contributed by atoms with Gasteiger partial charge in [-0.25, -0.2) is 0 Å². The van der Waals surface area contributed by atoms with Gasteiger partial charge in [-0.3, -0.25) is 9.59 Å². The van der Waals surface area contributed by atoms with Crippen molar-refractivity contribution in [1.29, 1.82) is 0 Å². The summed E-state index contributed by atoms with van der Waals surface area (Å²) in [7, 11) is 0. The maximum Gasteiger partial charge on any atom is 0.227 e. The molecule has 0 fully saturated rings. The van der Waals surface area contributed by atoms with Gasteiger partial charge in [0.2, 0.25) is 5.91 Å². The van der Waals surface area contributed by atoms with E-state index >= 15 is 0 Å². The van der Waals surface area contributed by atoms with E-state index in [-0.39, 0.29) is 25.6 Å². The predicted molar refractivity (Wildman–Crippen MR) is 60.4 cm³/mol. The number of benzene rings is 1. The van der Waals surface area contributed by atoms with Crippen molar-refractivity contribution in [1.82, 2.24) is 5.32 Å². The lowest BCUT2D eigenvalue weighted by atomic mass is 10.1. The number of hydrogen-bond acceptors (Lipinski definition) is 2. The van der Waals surface area contributed by atoms with E-state index in [1.54, 1.807) is 0 Å². The van der Waals surface area contributed by atoms with Gasteiger partial charge < -0.3 is 5.32 Å². The SMILES string of the molecule is CC(=O)CC(=O)N[C@H](C)c1ccccc1.[HH]. The van der Waals surface area contributed by atoms with Gasteiger partial charge in [-0.05, 0) is 19.4 Å². The lowest BCUT2D eigenvalue weighted by Crippen LogP contribution is -2.27. The molecule has 1 N–H and O–H groups in total. The van der Waals surface area contributed by atoms with Crippen LogP contribution in [0.2, 0.25) is 0 Å². The Morgan fingerprint density at radius 1 is 1.33 bits per heavy atom. The minimum absolute atomic E-state index is 0. The molecule has 15 heavy (non-hydrogen) atoms. The smallest absolute Gasteiger partial charge is 0.227 e. The van der Waals surface area contributed by atoms with Crippen molar-refractivity contribution < 1.29 is 11.0 Å². The van der Waals surface area contributed by atoms with Gasteiger partial charge in [0.05, 0.1) is 12.5 Å². The summed E-state index contributed by atoms with van der Waals surface area (Å²) in [5.74, 6) is -0.341. The second kappa shape index (κ2) is 5.29. The number of hydrogen-bond donors (Lipinski definition) is 1. The molecule has 0 spiro atoms. The Balaban J connectivity index is 0.00000225. The summed E-state index contributed by atoms with van der Waals surface area (Å²) in [6.45, 7) is 3.31. The first-order valence-electron chi connectivity index (χ1n) is 4.93. The molecule has 3 heteroatoms. The van der Waals surface area contributed by atoms with E-state index in [0.29, 0.717) is 0 Å². The number of amides is 1. The van der Waals surface area contributed by atoms with Crippen molar-refractivity contribution in [3.8, 4) is 0 Å². The Kier molecular flexibility index (Phi) is 4.03. The third-order valence-electron chi connectivity index (χ3n) is 2.09. The van der Waals surface area contributed by atoms with Crippen molar-refractivity contribution >= 4 is 11.7 Å². The summed E-state index contributed by atoms with van der Waals surface area (Å²) in [4.78, 5) is 22.0. The zero-order valence-electron chi connectivity index (χ0n) is 8.99. The minimum atomic E-state index is -0.223. The maximum atomic E-state index is 11.3. The van der Waals surface area contributed by atoms with Crippen LogP contribution in [0.1, 0.15) is 33.3 Å². The molecule has 3 nitrogen and oxygen atoms in total. The first-order chi connectivity index (χ1) is 7.09. The van der Waals surface area contributed by atoms with Crippen LogP contribution in [0.25, 0.3) is 0 Å². The molecule has 0 aromatic heterocycles. The van der Waals surface area contributed by atoms with E-state index in [4.69, 9.17) is 0 Å². The molecule has 0 saturated heterocycles. The molecule has 0 aliphatic carbocycles. The number of carbonyl (C=O) groups excluding carboxylic acids is 2. The van der Waals surface area contributed by atoms with Crippen molar-refractivity contribution in [2.24, 2.45) is 0 Å². The molecule has 0 radical (unpaired) electrons. The lowest BCUT2D eigenvalue weighted by Gasteiger charge is -2.13. The van der Waals surface area contributed by atoms with E-state index in [1.165, 1.54) is 6.92 Å². The fourth-order valence-electron chi connectivity index (χ4n) is 1.34. The Bertz CT molecular complexity index is 351. The minimum Gasteiger partial charge on any atom is -0.349 e. The van der Waals surface area contributed by atoms with Crippen LogP contribution in [0.15, 0.2) is 30.3 Å². The molecule has 1 aromatic rings. The van der Waals surface area contributed by atoms with Crippen LogP contribution >= 0.6 is 0 Å². The summed E-state index contributed by atoms with van der Waals surface area (Å²) in [6, 6.07) is 9.59. The molecule has 82 valence electrons. The first kappa shape index (κ1) is 11.4. The topological polar surface area (TPSA) is 46.2 Å². The van der Waals surface area contributed by atoms with Gasteiger partial charge in [0, 0.05) is 1.43 Å². The molecule has 0 heterocycles. The second-order valence-electron chi connectivity index (χ2n) is 3.58. The summed E-state index contributed by atoms with van der Waals surface area (Å²) in [5.41, 5.74) is 1.04. The van der Waals surface area contributed by atoms with Crippen LogP contribution in [0.4, 0.5) is 0 Å². The highest BCUT2D eigenvalue weighted by molar-refractivity contribution is 5.96. The fraction of sp³-hybridized carbons (Fsp3) is 0.333. The van der Waals surface area contributed by atoms with Gasteiger partial charge in [-0.2, -0.15) is 0 Å². The number of carbonyl (C=O) groups is 2. The largest absolute Gasteiger partial charge is 0.349 e. The highest BCUT2D eigenvalue weighted by Crippen LogP contribution is 2.10. The normalized spacial score (nSPS) is 11.9. The highest BCUT2D eigenvalue weighted by Gasteiger charge is 2.10. The molecule has 1 atom stereocenters. The lowest BCUT2D eigenvalue weighted by molar-refractivity contribution is -0.127. The third-order valence-corrected chi connectivity index (χ3v) is 2.09. The van der Waals surface area contributed by atoms with E-state index in [2.05, 4.69) is 5.32 Å². The molecular weight excluding hydrogens is 190 g/mol. The summed E-state index contributed by atoms with van der Waals surface area (Å²) < 4.78 is 0. The Hall–Kier alpha value is -1.64. The zero-order chi connectivity index (χ0) is 11.3. The van der Waals surface area contributed by atoms with Crippen LogP contribution in [-0.2, 0) is 9.59 Å². The van der Waals surface area contributed by atoms with Crippen LogP contribution < -0.4 is 5.32 Å². The molecule has 0 aliphatic rings. The summed E-state index contributed by atoms with van der Waals surface area (Å²) in [6.07, 6.45) is -0.0445. The Morgan fingerprint density at radius 2 is 1.93 bits per heavy atom. The van der Waals surface area contributed by atoms with Gasteiger partial charge in [0.15, 0.2) is 0 Å². The van der Waals surface area contributed by atoms with Gasteiger partial charge in [0.25, 0.3) is 0 Å². The number of rotatable bonds is 4. The molecular formula is C12H17NO2. The quantitative estimate of drug-likeness (QED) is 0.768. The molecule has 1 amide bonds. The summed E-state index contributed by atoms with van der Waals surface area (Å²) >= 11 is 0. The monoisotopic (exact) mass is 207 g/mol. The number of nitrogens with one attached hydrogen (secondary N) is 1. The van der Waals surface area contributed by atoms with Gasteiger partial charge in [-0.1, -0.05) is 30.3 Å². The molecule has 0 saturated carbocycles. The van der Waals surface area contributed by atoms with Crippen LogP contribution in [0.3, 0.4) is 0 Å².